The van der Waals surface area contributed by atoms with Crippen LogP contribution in [0.5, 0.6) is 11.5 Å². The molecule has 2 atom stereocenters. The van der Waals surface area contributed by atoms with Gasteiger partial charge in [-0.25, -0.2) is 0 Å². The second-order valence-corrected chi connectivity index (χ2v) is 8.67. The number of amides is 2. The largest absolute Gasteiger partial charge is 0.497 e. The maximum Gasteiger partial charge on any atom is 0.261 e. The summed E-state index contributed by atoms with van der Waals surface area (Å²) in [6.45, 7) is 8.00. The monoisotopic (exact) mass is 504 g/mol. The van der Waals surface area contributed by atoms with E-state index in [1.54, 1.807) is 12.0 Å². The minimum Gasteiger partial charge on any atom is -0.497 e. The Kier molecular flexibility index (Phi) is 10.0. The lowest BCUT2D eigenvalue weighted by Crippen LogP contribution is -2.51. The molecule has 0 aliphatic heterocycles. The number of carbonyl (C=O) groups excluding carboxylic acids is 2. The van der Waals surface area contributed by atoms with E-state index in [0.29, 0.717) is 18.7 Å². The molecule has 2 rings (SSSR count). The molecule has 2 amide bonds. The quantitative estimate of drug-likeness (QED) is 0.474. The lowest BCUT2D eigenvalue weighted by Gasteiger charge is -2.31. The SMILES string of the molecule is CC[C@H](C)NC(=O)[C@H](CC)N(Cc1ccc(OC)cc1)C(=O)COc1ccc(Br)c(C)c1. The zero-order chi connectivity index (χ0) is 23.7. The first kappa shape index (κ1) is 25.7. The van der Waals surface area contributed by atoms with Crippen LogP contribution in [0.25, 0.3) is 0 Å². The summed E-state index contributed by atoms with van der Waals surface area (Å²) in [5, 5.41) is 3.01. The number of benzene rings is 2. The number of methoxy groups -OCH3 is 1. The highest BCUT2D eigenvalue weighted by atomic mass is 79.9. The number of hydrogen-bond donors (Lipinski definition) is 1. The summed E-state index contributed by atoms with van der Waals surface area (Å²) in [6, 6.07) is 12.5. The van der Waals surface area contributed by atoms with Gasteiger partial charge in [0.15, 0.2) is 6.61 Å². The maximum absolute atomic E-state index is 13.2. The summed E-state index contributed by atoms with van der Waals surface area (Å²) < 4.78 is 12.0. The van der Waals surface area contributed by atoms with Gasteiger partial charge in [-0.15, -0.1) is 0 Å². The molecule has 0 saturated heterocycles. The number of nitrogens with zero attached hydrogens (tertiary/aromatic N) is 1. The van der Waals surface area contributed by atoms with Gasteiger partial charge in [0.1, 0.15) is 17.5 Å². The number of rotatable bonds is 11. The Morgan fingerprint density at radius 3 is 2.28 bits per heavy atom. The molecule has 6 nitrogen and oxygen atoms in total. The molecule has 0 saturated carbocycles. The molecule has 0 heterocycles. The summed E-state index contributed by atoms with van der Waals surface area (Å²) in [5.74, 6) is 0.957. The minimum absolute atomic E-state index is 0.0384. The van der Waals surface area contributed by atoms with Gasteiger partial charge in [0, 0.05) is 17.1 Å². The molecular weight excluding hydrogens is 472 g/mol. The van der Waals surface area contributed by atoms with Crippen molar-refractivity contribution in [2.45, 2.75) is 59.2 Å². The van der Waals surface area contributed by atoms with E-state index in [-0.39, 0.29) is 24.5 Å². The van der Waals surface area contributed by atoms with E-state index in [9.17, 15) is 9.59 Å². The third-order valence-corrected chi connectivity index (χ3v) is 6.28. The van der Waals surface area contributed by atoms with Crippen LogP contribution in [0.2, 0.25) is 0 Å². The predicted molar refractivity (Wildman–Crippen MR) is 130 cm³/mol. The fourth-order valence-electron chi connectivity index (χ4n) is 3.22. The number of nitrogens with one attached hydrogen (secondary N) is 1. The first-order valence-corrected chi connectivity index (χ1v) is 11.7. The normalized spacial score (nSPS) is 12.6. The molecule has 7 heteroatoms. The van der Waals surface area contributed by atoms with Crippen LogP contribution in [-0.4, -0.2) is 42.5 Å². The zero-order valence-electron chi connectivity index (χ0n) is 19.5. The predicted octanol–water partition coefficient (Wildman–Crippen LogP) is 4.87. The molecule has 0 fully saturated rings. The molecule has 0 spiro atoms. The summed E-state index contributed by atoms with van der Waals surface area (Å²) >= 11 is 3.47. The number of carbonyl (C=O) groups is 2. The second kappa shape index (κ2) is 12.5. The van der Waals surface area contributed by atoms with Crippen LogP contribution in [0.4, 0.5) is 0 Å². The second-order valence-electron chi connectivity index (χ2n) is 7.81. The molecule has 174 valence electrons. The average Bonchev–Trinajstić information content (AvgIpc) is 2.79. The van der Waals surface area contributed by atoms with E-state index < -0.39 is 6.04 Å². The number of halogens is 1. The van der Waals surface area contributed by atoms with Crippen molar-refractivity contribution >= 4 is 27.7 Å². The van der Waals surface area contributed by atoms with Crippen LogP contribution < -0.4 is 14.8 Å². The van der Waals surface area contributed by atoms with Gasteiger partial charge < -0.3 is 19.7 Å². The van der Waals surface area contributed by atoms with Crippen LogP contribution in [-0.2, 0) is 16.1 Å². The number of aryl methyl sites for hydroxylation is 1. The molecule has 0 unspecified atom stereocenters. The highest BCUT2D eigenvalue weighted by molar-refractivity contribution is 9.10. The lowest BCUT2D eigenvalue weighted by atomic mass is 10.1. The Labute approximate surface area is 199 Å². The molecular formula is C25H33BrN2O4. The third-order valence-electron chi connectivity index (χ3n) is 5.39. The van der Waals surface area contributed by atoms with E-state index in [1.807, 2.05) is 70.2 Å². The van der Waals surface area contributed by atoms with Crippen molar-refractivity contribution in [2.24, 2.45) is 0 Å². The molecule has 2 aromatic carbocycles. The Bertz CT molecular complexity index is 901. The molecule has 0 bridgehead atoms. The van der Waals surface area contributed by atoms with Crippen LogP contribution in [0.1, 0.15) is 44.7 Å². The van der Waals surface area contributed by atoms with Gasteiger partial charge in [0.2, 0.25) is 5.91 Å². The molecule has 0 radical (unpaired) electrons. The van der Waals surface area contributed by atoms with Crippen molar-refractivity contribution in [3.8, 4) is 11.5 Å². The van der Waals surface area contributed by atoms with Gasteiger partial charge in [-0.1, -0.05) is 41.9 Å². The highest BCUT2D eigenvalue weighted by Gasteiger charge is 2.29. The number of hydrogen-bond acceptors (Lipinski definition) is 4. The topological polar surface area (TPSA) is 67.9 Å². The van der Waals surface area contributed by atoms with Crippen molar-refractivity contribution in [1.29, 1.82) is 0 Å². The van der Waals surface area contributed by atoms with Crippen LogP contribution in [0.3, 0.4) is 0 Å². The van der Waals surface area contributed by atoms with Gasteiger partial charge in [-0.3, -0.25) is 9.59 Å². The van der Waals surface area contributed by atoms with Crippen LogP contribution in [0, 0.1) is 6.92 Å². The first-order valence-electron chi connectivity index (χ1n) is 10.9. The minimum atomic E-state index is -0.589. The van der Waals surface area contributed by atoms with Crippen molar-refractivity contribution in [3.63, 3.8) is 0 Å². The van der Waals surface area contributed by atoms with Crippen molar-refractivity contribution in [1.82, 2.24) is 10.2 Å². The molecule has 0 aliphatic carbocycles. The van der Waals surface area contributed by atoms with E-state index in [2.05, 4.69) is 21.2 Å². The first-order chi connectivity index (χ1) is 15.3. The summed E-state index contributed by atoms with van der Waals surface area (Å²) in [4.78, 5) is 27.8. The Balaban J connectivity index is 2.22. The number of ether oxygens (including phenoxy) is 2. The Hall–Kier alpha value is -2.54. The maximum atomic E-state index is 13.2. The lowest BCUT2D eigenvalue weighted by molar-refractivity contribution is -0.143. The van der Waals surface area contributed by atoms with Gasteiger partial charge >= 0.3 is 0 Å². The van der Waals surface area contributed by atoms with E-state index in [0.717, 1.165) is 27.8 Å². The van der Waals surface area contributed by atoms with E-state index in [4.69, 9.17) is 9.47 Å². The van der Waals surface area contributed by atoms with Crippen molar-refractivity contribution in [3.05, 3.63) is 58.1 Å². The van der Waals surface area contributed by atoms with Crippen LogP contribution in [0.15, 0.2) is 46.9 Å². The highest BCUT2D eigenvalue weighted by Crippen LogP contribution is 2.22. The fraction of sp³-hybridized carbons (Fsp3) is 0.440. The van der Waals surface area contributed by atoms with Gasteiger partial charge in [0.25, 0.3) is 5.91 Å². The van der Waals surface area contributed by atoms with Gasteiger partial charge in [-0.05, 0) is 68.1 Å². The van der Waals surface area contributed by atoms with E-state index in [1.165, 1.54) is 0 Å². The van der Waals surface area contributed by atoms with Gasteiger partial charge in [-0.2, -0.15) is 0 Å². The molecule has 32 heavy (non-hydrogen) atoms. The Morgan fingerprint density at radius 1 is 1.06 bits per heavy atom. The Morgan fingerprint density at radius 2 is 1.72 bits per heavy atom. The van der Waals surface area contributed by atoms with Crippen molar-refractivity contribution in [2.75, 3.05) is 13.7 Å². The summed E-state index contributed by atoms with van der Waals surface area (Å²) in [6.07, 6.45) is 1.32. The van der Waals surface area contributed by atoms with Gasteiger partial charge in [0.05, 0.1) is 7.11 Å². The summed E-state index contributed by atoms with van der Waals surface area (Å²) in [7, 11) is 1.61. The molecule has 0 aromatic heterocycles. The smallest absolute Gasteiger partial charge is 0.261 e. The standard InChI is InChI=1S/C25H33BrN2O4/c1-6-18(4)27-25(30)23(7-2)28(15-19-8-10-20(31-5)11-9-19)24(29)16-32-21-12-13-22(26)17(3)14-21/h8-14,18,23H,6-7,15-16H2,1-5H3,(H,27,30)/t18-,23-/m0/s1. The molecule has 1 N–H and O–H groups in total. The third kappa shape index (κ3) is 7.26. The fourth-order valence-corrected chi connectivity index (χ4v) is 3.47. The van der Waals surface area contributed by atoms with Crippen molar-refractivity contribution < 1.29 is 19.1 Å². The summed E-state index contributed by atoms with van der Waals surface area (Å²) in [5.41, 5.74) is 1.93. The average molecular weight is 505 g/mol. The molecule has 2 aromatic rings. The molecule has 0 aliphatic rings. The zero-order valence-corrected chi connectivity index (χ0v) is 21.1. The van der Waals surface area contributed by atoms with Crippen LogP contribution >= 0.6 is 15.9 Å². The van der Waals surface area contributed by atoms with E-state index >= 15 is 0 Å².